The number of ether oxygens (including phenoxy) is 1. The molecule has 3 fully saturated rings. The van der Waals surface area contributed by atoms with Crippen molar-refractivity contribution < 1.29 is 23.8 Å². The topological polar surface area (TPSA) is 63.6 Å². The normalized spacial score (nSPS) is 42.0. The Labute approximate surface area is 241 Å². The molecule has 6 rings (SSSR count). The highest BCUT2D eigenvalue weighted by molar-refractivity contribution is 8.03. The van der Waals surface area contributed by atoms with E-state index in [0.29, 0.717) is 36.3 Å². The van der Waals surface area contributed by atoms with Crippen LogP contribution in [0.3, 0.4) is 0 Å². The first kappa shape index (κ1) is 28.0. The van der Waals surface area contributed by atoms with Crippen molar-refractivity contribution in [1.29, 1.82) is 0 Å². The fraction of sp³-hybridized carbons (Fsp3) is 0.588. The van der Waals surface area contributed by atoms with E-state index in [9.17, 15) is 14.7 Å². The van der Waals surface area contributed by atoms with Crippen LogP contribution in [-0.2, 0) is 20.1 Å². The van der Waals surface area contributed by atoms with Crippen molar-refractivity contribution in [1.82, 2.24) is 0 Å². The molecule has 40 heavy (non-hydrogen) atoms. The Morgan fingerprint density at radius 2 is 1.88 bits per heavy atom. The zero-order chi connectivity index (χ0) is 28.7. The summed E-state index contributed by atoms with van der Waals surface area (Å²) in [5.74, 6) is 0.691. The number of Topliss-reactive ketones (excluding diaryl/α,β-unsaturated/α-hetero) is 1. The molecule has 1 N–H and O–H groups in total. The molecule has 0 amide bonds. The molecule has 1 aliphatic heterocycles. The minimum atomic E-state index is -1.91. The van der Waals surface area contributed by atoms with Crippen molar-refractivity contribution in [3.63, 3.8) is 0 Å². The van der Waals surface area contributed by atoms with E-state index in [-0.39, 0.29) is 29.8 Å². The summed E-state index contributed by atoms with van der Waals surface area (Å²) < 4.78 is 24.5. The summed E-state index contributed by atoms with van der Waals surface area (Å²) in [6, 6.07) is 8.38. The number of carbonyl (C=O) groups excluding carboxylic acids is 2. The van der Waals surface area contributed by atoms with Gasteiger partial charge in [0.25, 0.3) is 0 Å². The molecule has 0 bridgehead atoms. The first-order chi connectivity index (χ1) is 18.9. The van der Waals surface area contributed by atoms with Gasteiger partial charge in [0.2, 0.25) is 5.78 Å². The van der Waals surface area contributed by atoms with Crippen molar-refractivity contribution >= 4 is 23.3 Å². The third kappa shape index (κ3) is 3.54. The maximum absolute atomic E-state index is 17.6. The quantitative estimate of drug-likeness (QED) is 0.410. The lowest BCUT2D eigenvalue weighted by atomic mass is 9.44. The van der Waals surface area contributed by atoms with Gasteiger partial charge >= 0.3 is 0 Å². The summed E-state index contributed by atoms with van der Waals surface area (Å²) in [7, 11) is 0. The number of thioether (sulfide) groups is 1. The number of rotatable bonds is 5. The van der Waals surface area contributed by atoms with Gasteiger partial charge in [0.15, 0.2) is 17.1 Å². The number of alkyl halides is 1. The van der Waals surface area contributed by atoms with Gasteiger partial charge in [-0.2, -0.15) is 0 Å². The van der Waals surface area contributed by atoms with E-state index >= 15 is 4.39 Å². The molecule has 4 nitrogen and oxygen atoms in total. The van der Waals surface area contributed by atoms with Crippen LogP contribution in [0.25, 0.3) is 0 Å². The Hall–Kier alpha value is -2.18. The lowest BCUT2D eigenvalue weighted by molar-refractivity contribution is -0.218. The van der Waals surface area contributed by atoms with Crippen molar-refractivity contribution in [3.8, 4) is 0 Å². The summed E-state index contributed by atoms with van der Waals surface area (Å²) in [5.41, 5.74) is -1.62. The first-order valence-electron chi connectivity index (χ1n) is 14.9. The van der Waals surface area contributed by atoms with Crippen LogP contribution < -0.4 is 0 Å². The fourth-order valence-electron chi connectivity index (χ4n) is 9.19. The minimum Gasteiger partial charge on any atom is -0.481 e. The summed E-state index contributed by atoms with van der Waals surface area (Å²) >= 11 is 1.56. The van der Waals surface area contributed by atoms with Gasteiger partial charge in [0.1, 0.15) is 5.76 Å². The average molecular weight is 565 g/mol. The predicted molar refractivity (Wildman–Crippen MR) is 156 cm³/mol. The zero-order valence-corrected chi connectivity index (χ0v) is 25.1. The Kier molecular flexibility index (Phi) is 6.59. The van der Waals surface area contributed by atoms with E-state index in [1.54, 1.807) is 23.9 Å². The predicted octanol–water partition coefficient (Wildman–Crippen LogP) is 7.19. The SMILES string of the molecule is CCCC1=C(SCc2ccc(C)cc2)C(=O)C2(O1)[C@@H](C)C[C@H]1[C@@H]3CCC4=CC(=O)C=C[C@]4(C)[C@@]3(F)[C@@H](O)C[C@@]12C. The van der Waals surface area contributed by atoms with Crippen LogP contribution in [0.2, 0.25) is 0 Å². The smallest absolute Gasteiger partial charge is 0.216 e. The standard InChI is InChI=1S/C34H41FO4S/c1-6-7-27-29(40-19-22-10-8-20(2)9-11-22)30(38)34(39-27)21(3)16-26-25-13-12-23-17-24(36)14-15-31(23,4)33(25,35)28(37)18-32(26,34)5/h8-11,14-15,17,21,25-26,28,37H,6-7,12-13,16,18-19H2,1-5H3/t21-,25-,26-,28-,31-,32-,33-,34?/m0/s1. The number of carbonyl (C=O) groups is 2. The Morgan fingerprint density at radius 3 is 2.58 bits per heavy atom. The molecule has 4 aliphatic carbocycles. The van der Waals surface area contributed by atoms with E-state index in [2.05, 4.69) is 52.0 Å². The maximum Gasteiger partial charge on any atom is 0.216 e. The van der Waals surface area contributed by atoms with Gasteiger partial charge in [-0.15, -0.1) is 11.8 Å². The number of aliphatic hydroxyl groups excluding tert-OH is 1. The molecule has 0 radical (unpaired) electrons. The third-order valence-corrected chi connectivity index (χ3v) is 12.4. The summed E-state index contributed by atoms with van der Waals surface area (Å²) in [4.78, 5) is 27.5. The van der Waals surface area contributed by atoms with Crippen LogP contribution in [0, 0.1) is 35.5 Å². The Morgan fingerprint density at radius 1 is 1.15 bits per heavy atom. The number of aliphatic hydroxyl groups is 1. The van der Waals surface area contributed by atoms with Crippen LogP contribution in [-0.4, -0.2) is 34.0 Å². The minimum absolute atomic E-state index is 0.0230. The van der Waals surface area contributed by atoms with Crippen LogP contribution >= 0.6 is 11.8 Å². The van der Waals surface area contributed by atoms with Crippen LogP contribution in [0.1, 0.15) is 77.3 Å². The largest absolute Gasteiger partial charge is 0.481 e. The number of halogens is 1. The van der Waals surface area contributed by atoms with E-state index < -0.39 is 34.1 Å². The molecule has 1 aromatic rings. The van der Waals surface area contributed by atoms with E-state index in [1.165, 1.54) is 11.6 Å². The van der Waals surface area contributed by atoms with Gasteiger partial charge < -0.3 is 9.84 Å². The van der Waals surface area contributed by atoms with Gasteiger partial charge in [-0.1, -0.05) is 62.2 Å². The van der Waals surface area contributed by atoms with Crippen molar-refractivity contribution in [2.75, 3.05) is 0 Å². The molecule has 1 heterocycles. The summed E-state index contributed by atoms with van der Waals surface area (Å²) in [5, 5.41) is 11.8. The van der Waals surface area contributed by atoms with E-state index in [4.69, 9.17) is 4.74 Å². The van der Waals surface area contributed by atoms with Crippen LogP contribution in [0.5, 0.6) is 0 Å². The van der Waals surface area contributed by atoms with Crippen molar-refractivity contribution in [2.45, 2.75) is 96.3 Å². The molecule has 1 spiro atoms. The molecule has 0 aromatic heterocycles. The maximum atomic E-state index is 17.6. The van der Waals surface area contributed by atoms with Crippen molar-refractivity contribution in [3.05, 3.63) is 69.9 Å². The molecule has 214 valence electrons. The second-order valence-electron chi connectivity index (χ2n) is 13.3. The molecule has 5 aliphatic rings. The number of hydrogen-bond acceptors (Lipinski definition) is 5. The lowest BCUT2D eigenvalue weighted by Crippen LogP contribution is -2.69. The summed E-state index contributed by atoms with van der Waals surface area (Å²) in [6.45, 7) is 10.2. The van der Waals surface area contributed by atoms with Gasteiger partial charge in [0.05, 0.1) is 11.0 Å². The molecule has 3 saturated carbocycles. The van der Waals surface area contributed by atoms with E-state index in [0.717, 1.165) is 23.3 Å². The number of benzene rings is 1. The van der Waals surface area contributed by atoms with Gasteiger partial charge in [-0.25, -0.2) is 4.39 Å². The van der Waals surface area contributed by atoms with Gasteiger partial charge in [-0.3, -0.25) is 9.59 Å². The Bertz CT molecular complexity index is 1350. The molecule has 6 heteroatoms. The number of allylic oxidation sites excluding steroid dienone is 5. The highest BCUT2D eigenvalue weighted by Crippen LogP contribution is 2.73. The van der Waals surface area contributed by atoms with Crippen LogP contribution in [0.15, 0.2) is 58.7 Å². The molecule has 1 unspecified atom stereocenters. The summed E-state index contributed by atoms with van der Waals surface area (Å²) in [6.07, 6.45) is 6.98. The molecular weight excluding hydrogens is 523 g/mol. The molecule has 0 saturated heterocycles. The van der Waals surface area contributed by atoms with Gasteiger partial charge in [0, 0.05) is 34.8 Å². The number of ketones is 2. The molecular formula is C34H41FO4S. The highest BCUT2D eigenvalue weighted by Gasteiger charge is 2.78. The van der Waals surface area contributed by atoms with Crippen molar-refractivity contribution in [2.24, 2.45) is 28.6 Å². The zero-order valence-electron chi connectivity index (χ0n) is 24.3. The second kappa shape index (κ2) is 9.42. The molecule has 1 aromatic carbocycles. The number of aryl methyl sites for hydroxylation is 1. The monoisotopic (exact) mass is 564 g/mol. The second-order valence-corrected chi connectivity index (χ2v) is 14.3. The van der Waals surface area contributed by atoms with E-state index in [1.807, 2.05) is 6.92 Å². The van der Waals surface area contributed by atoms with Crippen LogP contribution in [0.4, 0.5) is 4.39 Å². The number of fused-ring (bicyclic) bond motifs is 6. The number of hydrogen-bond donors (Lipinski definition) is 1. The highest BCUT2D eigenvalue weighted by atomic mass is 32.2. The lowest BCUT2D eigenvalue weighted by Gasteiger charge is -2.62. The average Bonchev–Trinajstić information content (AvgIpc) is 3.31. The molecule has 8 atom stereocenters. The third-order valence-electron chi connectivity index (χ3n) is 11.2. The fourth-order valence-corrected chi connectivity index (χ4v) is 10.3. The van der Waals surface area contributed by atoms with Gasteiger partial charge in [-0.05, 0) is 69.6 Å². The Balaban J connectivity index is 1.36. The first-order valence-corrected chi connectivity index (χ1v) is 15.9.